The third-order valence-electron chi connectivity index (χ3n) is 9.10. The Bertz CT molecular complexity index is 1840. The largest absolute Gasteiger partial charge is 0.472 e. The molecule has 260 valence electrons. The van der Waals surface area contributed by atoms with Crippen molar-refractivity contribution >= 4 is 39.9 Å². The molecule has 2 aromatic carbocycles. The van der Waals surface area contributed by atoms with E-state index in [4.69, 9.17) is 16.6 Å². The Balaban J connectivity index is 1.41. The molecule has 0 spiro atoms. The Morgan fingerprint density at radius 1 is 1.12 bits per heavy atom. The summed E-state index contributed by atoms with van der Waals surface area (Å²) in [6.45, 7) is 8.35. The number of carbonyl (C=O) groups excluding carboxylic acids is 2. The van der Waals surface area contributed by atoms with Gasteiger partial charge in [0.05, 0.1) is 47.6 Å². The standard InChI is InChI=1S/C36H39F4N5O3S/c1-4-21(2)31(33(49)42-19-23-13-15-48-20-23)44-34(47)35(45-22(3)18-41-30(46)16-24-8-5-6-11-28(24)37)14-12-29-26(17-35)25-9-7-10-27(32(25)43-29)36(38,39)40/h5-11,13,15,20-21,31,43,45H,3-4,12,14,16-19H2,1-2H3,(H,41,46)(H,42,49)(H,44,47)/t21?,31-,35?/m0/s1. The molecule has 2 heterocycles. The van der Waals surface area contributed by atoms with Crippen molar-refractivity contribution in [1.29, 1.82) is 0 Å². The second-order valence-corrected chi connectivity index (χ2v) is 13.0. The van der Waals surface area contributed by atoms with Crippen molar-refractivity contribution in [3.8, 4) is 0 Å². The summed E-state index contributed by atoms with van der Waals surface area (Å²) < 4.78 is 61.1. The smallest absolute Gasteiger partial charge is 0.418 e. The molecule has 0 aliphatic heterocycles. The minimum absolute atomic E-state index is 0.0300. The highest BCUT2D eigenvalue weighted by atomic mass is 32.1. The number of amides is 2. The van der Waals surface area contributed by atoms with E-state index in [1.165, 1.54) is 24.3 Å². The Morgan fingerprint density at radius 3 is 2.59 bits per heavy atom. The van der Waals surface area contributed by atoms with Crippen LogP contribution in [0.25, 0.3) is 10.9 Å². The van der Waals surface area contributed by atoms with Gasteiger partial charge in [0.15, 0.2) is 0 Å². The van der Waals surface area contributed by atoms with Crippen LogP contribution >= 0.6 is 12.2 Å². The highest BCUT2D eigenvalue weighted by molar-refractivity contribution is 7.80. The molecular weight excluding hydrogens is 658 g/mol. The zero-order chi connectivity index (χ0) is 35.3. The SMILES string of the molecule is C=C(CNC(=O)Cc1ccccc1F)NC1(C(=O)N[C@H](C(=S)NCc2ccoc2)C(C)CC)CCc2[nH]c3c(C(F)(F)F)cccc3c2C1. The number of alkyl halides is 3. The second kappa shape index (κ2) is 14.9. The number of thiocarbonyl (C=S) groups is 1. The van der Waals surface area contributed by atoms with Crippen molar-refractivity contribution in [2.45, 2.75) is 70.3 Å². The molecule has 0 fully saturated rings. The lowest BCUT2D eigenvalue weighted by atomic mass is 9.78. The average molecular weight is 698 g/mol. The summed E-state index contributed by atoms with van der Waals surface area (Å²) in [5.74, 6) is -1.41. The summed E-state index contributed by atoms with van der Waals surface area (Å²) in [7, 11) is 0. The molecule has 5 rings (SSSR count). The summed E-state index contributed by atoms with van der Waals surface area (Å²) in [5, 5.41) is 12.7. The molecule has 3 atom stereocenters. The van der Waals surface area contributed by atoms with Gasteiger partial charge < -0.3 is 30.7 Å². The van der Waals surface area contributed by atoms with E-state index in [2.05, 4.69) is 32.8 Å². The predicted octanol–water partition coefficient (Wildman–Crippen LogP) is 6.26. The Kier molecular flexibility index (Phi) is 10.8. The first-order valence-electron chi connectivity index (χ1n) is 16.1. The van der Waals surface area contributed by atoms with E-state index < -0.39 is 41.0 Å². The van der Waals surface area contributed by atoms with Crippen molar-refractivity contribution in [3.63, 3.8) is 0 Å². The molecule has 2 unspecified atom stereocenters. The third kappa shape index (κ3) is 8.15. The van der Waals surface area contributed by atoms with Gasteiger partial charge in [0.1, 0.15) is 11.4 Å². The maximum Gasteiger partial charge on any atom is 0.418 e. The van der Waals surface area contributed by atoms with Crippen LogP contribution in [-0.2, 0) is 41.6 Å². The molecule has 0 radical (unpaired) electrons. The highest BCUT2D eigenvalue weighted by Gasteiger charge is 2.45. The van der Waals surface area contributed by atoms with Crippen molar-refractivity contribution in [1.82, 2.24) is 26.3 Å². The van der Waals surface area contributed by atoms with Gasteiger partial charge in [0.25, 0.3) is 0 Å². The molecule has 13 heteroatoms. The molecule has 2 amide bonds. The van der Waals surface area contributed by atoms with Crippen LogP contribution < -0.4 is 21.3 Å². The lowest BCUT2D eigenvalue weighted by molar-refractivity contribution is -0.136. The normalized spacial score (nSPS) is 17.1. The number of benzene rings is 2. The van der Waals surface area contributed by atoms with Crippen molar-refractivity contribution in [3.05, 3.63) is 107 Å². The van der Waals surface area contributed by atoms with Crippen LogP contribution in [0, 0.1) is 11.7 Å². The number of halogens is 4. The van der Waals surface area contributed by atoms with E-state index in [1.54, 1.807) is 30.7 Å². The summed E-state index contributed by atoms with van der Waals surface area (Å²) in [6, 6.07) is 11.2. The number of furan rings is 1. The van der Waals surface area contributed by atoms with Gasteiger partial charge in [0.2, 0.25) is 11.8 Å². The Hall–Kier alpha value is -4.65. The topological polar surface area (TPSA) is 111 Å². The number of fused-ring (bicyclic) bond motifs is 3. The molecule has 49 heavy (non-hydrogen) atoms. The van der Waals surface area contributed by atoms with Gasteiger partial charge in [-0.2, -0.15) is 13.2 Å². The molecule has 5 N–H and O–H groups in total. The Morgan fingerprint density at radius 2 is 1.90 bits per heavy atom. The first kappa shape index (κ1) is 35.7. The van der Waals surface area contributed by atoms with Gasteiger partial charge in [-0.25, -0.2) is 4.39 Å². The van der Waals surface area contributed by atoms with E-state index in [1.807, 2.05) is 13.8 Å². The molecule has 1 aliphatic carbocycles. The number of nitrogens with one attached hydrogen (secondary N) is 5. The van der Waals surface area contributed by atoms with Crippen molar-refractivity contribution in [2.75, 3.05) is 6.54 Å². The number of hydrogen-bond acceptors (Lipinski definition) is 5. The van der Waals surface area contributed by atoms with Crippen LogP contribution in [0.3, 0.4) is 0 Å². The van der Waals surface area contributed by atoms with Crippen LogP contribution in [0.15, 0.2) is 77.8 Å². The fourth-order valence-corrected chi connectivity index (χ4v) is 6.57. The molecule has 0 bridgehead atoms. The second-order valence-electron chi connectivity index (χ2n) is 12.5. The molecule has 1 aliphatic rings. The Labute approximate surface area is 287 Å². The lowest BCUT2D eigenvalue weighted by Crippen LogP contribution is -2.63. The maximum absolute atomic E-state index is 14.5. The molecule has 4 aromatic rings. The highest BCUT2D eigenvalue weighted by Crippen LogP contribution is 2.40. The number of H-pyrrole nitrogens is 1. The van der Waals surface area contributed by atoms with Gasteiger partial charge in [-0.15, -0.1) is 0 Å². The maximum atomic E-state index is 14.5. The lowest BCUT2D eigenvalue weighted by Gasteiger charge is -2.40. The van der Waals surface area contributed by atoms with Crippen molar-refractivity contribution < 1.29 is 31.6 Å². The minimum Gasteiger partial charge on any atom is -0.472 e. The number of aromatic amines is 1. The predicted molar refractivity (Wildman–Crippen MR) is 183 cm³/mol. The molecular formula is C36H39F4N5O3S. The number of rotatable bonds is 13. The van der Waals surface area contributed by atoms with Gasteiger partial charge in [-0.05, 0) is 48.1 Å². The number of hydrogen-bond donors (Lipinski definition) is 5. The van der Waals surface area contributed by atoms with Crippen LogP contribution in [0.4, 0.5) is 17.6 Å². The van der Waals surface area contributed by atoms with Crippen LogP contribution in [0.5, 0.6) is 0 Å². The van der Waals surface area contributed by atoms with E-state index in [9.17, 15) is 27.2 Å². The zero-order valence-corrected chi connectivity index (χ0v) is 28.0. The summed E-state index contributed by atoms with van der Waals surface area (Å²) in [5.41, 5.74) is 0.462. The van der Waals surface area contributed by atoms with Crippen LogP contribution in [-0.4, -0.2) is 39.9 Å². The molecule has 0 saturated heterocycles. The van der Waals surface area contributed by atoms with Gasteiger partial charge in [0, 0.05) is 35.3 Å². The first-order valence-corrected chi connectivity index (χ1v) is 16.5. The first-order chi connectivity index (χ1) is 23.3. The quantitative estimate of drug-likeness (QED) is 0.0834. The van der Waals surface area contributed by atoms with Crippen LogP contribution in [0.2, 0.25) is 0 Å². The van der Waals surface area contributed by atoms with E-state index in [0.29, 0.717) is 40.3 Å². The average Bonchev–Trinajstić information content (AvgIpc) is 3.73. The fourth-order valence-electron chi connectivity index (χ4n) is 6.20. The summed E-state index contributed by atoms with van der Waals surface area (Å²) in [6.07, 6.45) is -0.387. The van der Waals surface area contributed by atoms with Gasteiger partial charge >= 0.3 is 6.18 Å². The molecule has 0 saturated carbocycles. The van der Waals surface area contributed by atoms with Crippen LogP contribution in [0.1, 0.15) is 54.6 Å². The fraction of sp³-hybridized carbons (Fsp3) is 0.361. The number of aryl methyl sites for hydroxylation is 1. The van der Waals surface area contributed by atoms with E-state index >= 15 is 0 Å². The van der Waals surface area contributed by atoms with Crippen molar-refractivity contribution in [2.24, 2.45) is 5.92 Å². The van der Waals surface area contributed by atoms with E-state index in [0.717, 1.165) is 11.6 Å². The number of carbonyl (C=O) groups is 2. The molecule has 2 aromatic heterocycles. The minimum atomic E-state index is -4.57. The number of para-hydroxylation sites is 1. The molecule has 8 nitrogen and oxygen atoms in total. The van der Waals surface area contributed by atoms with Gasteiger partial charge in [-0.3, -0.25) is 9.59 Å². The zero-order valence-electron chi connectivity index (χ0n) is 27.2. The third-order valence-corrected chi connectivity index (χ3v) is 9.50. The summed E-state index contributed by atoms with van der Waals surface area (Å²) >= 11 is 5.75. The monoisotopic (exact) mass is 697 g/mol. The van der Waals surface area contributed by atoms with E-state index in [-0.39, 0.29) is 49.2 Å². The van der Waals surface area contributed by atoms with Gasteiger partial charge in [-0.1, -0.05) is 69.4 Å². The summed E-state index contributed by atoms with van der Waals surface area (Å²) in [4.78, 5) is 30.6. The number of aromatic nitrogens is 1.